The largest absolute Gasteiger partial charge is 0.493 e. The van der Waals surface area contributed by atoms with Gasteiger partial charge in [-0.25, -0.2) is 0 Å². The molecule has 4 nitrogen and oxygen atoms in total. The van der Waals surface area contributed by atoms with Crippen LogP contribution in [0.15, 0.2) is 12.1 Å². The van der Waals surface area contributed by atoms with Gasteiger partial charge in [0.1, 0.15) is 0 Å². The van der Waals surface area contributed by atoms with E-state index in [0.717, 1.165) is 17.5 Å². The van der Waals surface area contributed by atoms with E-state index >= 15 is 0 Å². The van der Waals surface area contributed by atoms with Crippen LogP contribution in [0.2, 0.25) is 0 Å². The zero-order chi connectivity index (χ0) is 13.3. The number of rotatable bonds is 5. The number of ether oxygens (including phenoxy) is 2. The molecular weight excluding hydrogens is 232 g/mol. The molecule has 2 rings (SSSR count). The second kappa shape index (κ2) is 4.52. The zero-order valence-corrected chi connectivity index (χ0v) is 10.9. The number of carboxylic acids is 1. The van der Waals surface area contributed by atoms with Crippen molar-refractivity contribution in [3.05, 3.63) is 23.3 Å². The number of carboxylic acid groups (broad SMARTS) is 1. The molecule has 0 spiro atoms. The average molecular weight is 250 g/mol. The summed E-state index contributed by atoms with van der Waals surface area (Å²) in [5.74, 6) is 0.380. The molecule has 0 unspecified atom stereocenters. The van der Waals surface area contributed by atoms with Gasteiger partial charge in [-0.15, -0.1) is 0 Å². The summed E-state index contributed by atoms with van der Waals surface area (Å²) in [5, 5.41) is 9.41. The number of carbonyl (C=O) groups is 1. The molecule has 0 radical (unpaired) electrons. The van der Waals surface area contributed by atoms with Crippen molar-refractivity contribution in [1.82, 2.24) is 0 Å². The quantitative estimate of drug-likeness (QED) is 0.871. The Hall–Kier alpha value is -1.71. The van der Waals surface area contributed by atoms with Crippen molar-refractivity contribution in [2.75, 3.05) is 14.2 Å². The van der Waals surface area contributed by atoms with E-state index < -0.39 is 11.4 Å². The fraction of sp³-hybridized carbons (Fsp3) is 0.500. The molecular formula is C14H18O4. The second-order valence-electron chi connectivity index (χ2n) is 4.62. The Morgan fingerprint density at radius 1 is 1.33 bits per heavy atom. The average Bonchev–Trinajstić information content (AvgIpc) is 3.18. The molecule has 0 amide bonds. The van der Waals surface area contributed by atoms with Crippen LogP contribution < -0.4 is 9.47 Å². The SMILES string of the molecule is CCc1cc(OC)c(OC)c(C2(C(=O)O)CC2)c1. The normalized spacial score (nSPS) is 16.2. The monoisotopic (exact) mass is 250 g/mol. The van der Waals surface area contributed by atoms with Crippen LogP contribution >= 0.6 is 0 Å². The Labute approximate surface area is 107 Å². The van der Waals surface area contributed by atoms with Gasteiger partial charge < -0.3 is 14.6 Å². The van der Waals surface area contributed by atoms with Gasteiger partial charge in [0.25, 0.3) is 0 Å². The molecule has 4 heteroatoms. The third-order valence-electron chi connectivity index (χ3n) is 3.62. The highest BCUT2D eigenvalue weighted by atomic mass is 16.5. The first-order valence-corrected chi connectivity index (χ1v) is 6.07. The molecule has 1 aromatic carbocycles. The fourth-order valence-corrected chi connectivity index (χ4v) is 2.30. The van der Waals surface area contributed by atoms with Gasteiger partial charge >= 0.3 is 5.97 Å². The van der Waals surface area contributed by atoms with E-state index in [1.807, 2.05) is 19.1 Å². The molecule has 1 saturated carbocycles. The standard InChI is InChI=1S/C14H18O4/c1-4-9-7-10(14(5-6-14)13(15)16)12(18-3)11(8-9)17-2/h7-8H,4-6H2,1-3H3,(H,15,16). The highest BCUT2D eigenvalue weighted by Gasteiger charge is 2.54. The van der Waals surface area contributed by atoms with Crippen LogP contribution in [0.4, 0.5) is 0 Å². The Balaban J connectivity index is 2.61. The molecule has 0 saturated heterocycles. The lowest BCUT2D eigenvalue weighted by Crippen LogP contribution is -2.21. The topological polar surface area (TPSA) is 55.8 Å². The van der Waals surface area contributed by atoms with E-state index in [1.165, 1.54) is 0 Å². The van der Waals surface area contributed by atoms with Crippen LogP contribution in [0.3, 0.4) is 0 Å². The van der Waals surface area contributed by atoms with Crippen molar-refractivity contribution >= 4 is 5.97 Å². The van der Waals surface area contributed by atoms with Crippen molar-refractivity contribution in [2.45, 2.75) is 31.6 Å². The van der Waals surface area contributed by atoms with Crippen molar-refractivity contribution in [3.8, 4) is 11.5 Å². The van der Waals surface area contributed by atoms with E-state index in [2.05, 4.69) is 0 Å². The Morgan fingerprint density at radius 3 is 2.39 bits per heavy atom. The Bertz CT molecular complexity index is 475. The zero-order valence-electron chi connectivity index (χ0n) is 10.9. The number of methoxy groups -OCH3 is 2. The maximum atomic E-state index is 11.5. The van der Waals surface area contributed by atoms with Crippen LogP contribution in [-0.4, -0.2) is 25.3 Å². The number of hydrogen-bond acceptors (Lipinski definition) is 3. The molecule has 18 heavy (non-hydrogen) atoms. The molecule has 0 bridgehead atoms. The summed E-state index contributed by atoms with van der Waals surface area (Å²) in [4.78, 5) is 11.5. The maximum Gasteiger partial charge on any atom is 0.314 e. The predicted octanol–water partition coefficient (Wildman–Crippen LogP) is 2.38. The van der Waals surface area contributed by atoms with Gasteiger partial charge in [-0.3, -0.25) is 4.79 Å². The predicted molar refractivity (Wildman–Crippen MR) is 67.5 cm³/mol. The van der Waals surface area contributed by atoms with Crippen molar-refractivity contribution in [3.63, 3.8) is 0 Å². The molecule has 1 aliphatic rings. The van der Waals surface area contributed by atoms with Gasteiger partial charge in [0.15, 0.2) is 11.5 Å². The third-order valence-corrected chi connectivity index (χ3v) is 3.62. The summed E-state index contributed by atoms with van der Waals surface area (Å²) in [6, 6.07) is 3.84. The van der Waals surface area contributed by atoms with E-state index in [-0.39, 0.29) is 0 Å². The van der Waals surface area contributed by atoms with Gasteiger partial charge in [0, 0.05) is 5.56 Å². The minimum absolute atomic E-state index is 0.551. The minimum atomic E-state index is -0.781. The summed E-state index contributed by atoms with van der Waals surface area (Å²) in [6.45, 7) is 2.03. The molecule has 0 heterocycles. The van der Waals surface area contributed by atoms with E-state index in [9.17, 15) is 9.90 Å². The highest BCUT2D eigenvalue weighted by molar-refractivity contribution is 5.86. The van der Waals surface area contributed by atoms with Gasteiger partial charge in [0.05, 0.1) is 19.6 Å². The summed E-state index contributed by atoms with van der Waals surface area (Å²) in [6.07, 6.45) is 2.16. The number of hydrogen-bond donors (Lipinski definition) is 1. The molecule has 1 N–H and O–H groups in total. The molecule has 98 valence electrons. The summed E-state index contributed by atoms with van der Waals surface area (Å²) < 4.78 is 10.7. The maximum absolute atomic E-state index is 11.5. The van der Waals surface area contributed by atoms with E-state index in [4.69, 9.17) is 9.47 Å². The van der Waals surface area contributed by atoms with Crippen molar-refractivity contribution < 1.29 is 19.4 Å². The van der Waals surface area contributed by atoms with E-state index in [0.29, 0.717) is 24.3 Å². The lowest BCUT2D eigenvalue weighted by atomic mass is 9.92. The number of benzene rings is 1. The van der Waals surface area contributed by atoms with Gasteiger partial charge in [-0.2, -0.15) is 0 Å². The summed E-state index contributed by atoms with van der Waals surface area (Å²) in [7, 11) is 3.12. The molecule has 1 fully saturated rings. The Kier molecular flexibility index (Phi) is 3.20. The molecule has 0 atom stereocenters. The van der Waals surface area contributed by atoms with Gasteiger partial charge in [0.2, 0.25) is 0 Å². The van der Waals surface area contributed by atoms with Gasteiger partial charge in [-0.05, 0) is 30.9 Å². The minimum Gasteiger partial charge on any atom is -0.493 e. The smallest absolute Gasteiger partial charge is 0.314 e. The van der Waals surface area contributed by atoms with E-state index in [1.54, 1.807) is 14.2 Å². The lowest BCUT2D eigenvalue weighted by molar-refractivity contribution is -0.140. The molecule has 1 aliphatic carbocycles. The molecule has 0 aromatic heterocycles. The second-order valence-corrected chi connectivity index (χ2v) is 4.62. The third kappa shape index (κ3) is 1.82. The summed E-state index contributed by atoms with van der Waals surface area (Å²) >= 11 is 0. The van der Waals surface area contributed by atoms with Crippen LogP contribution in [0.25, 0.3) is 0 Å². The van der Waals surface area contributed by atoms with Crippen molar-refractivity contribution in [1.29, 1.82) is 0 Å². The molecule has 1 aromatic rings. The fourth-order valence-electron chi connectivity index (χ4n) is 2.30. The van der Waals surface area contributed by atoms with Crippen LogP contribution in [0, 0.1) is 0 Å². The highest BCUT2D eigenvalue weighted by Crippen LogP contribution is 2.53. The molecule has 0 aliphatic heterocycles. The Morgan fingerprint density at radius 2 is 2.00 bits per heavy atom. The summed E-state index contributed by atoms with van der Waals surface area (Å²) in [5.41, 5.74) is 1.04. The van der Waals surface area contributed by atoms with Crippen LogP contribution in [-0.2, 0) is 16.6 Å². The van der Waals surface area contributed by atoms with Gasteiger partial charge in [-0.1, -0.05) is 13.0 Å². The number of aryl methyl sites for hydroxylation is 1. The first kappa shape index (κ1) is 12.7. The van der Waals surface area contributed by atoms with Crippen LogP contribution in [0.1, 0.15) is 30.9 Å². The number of aliphatic carboxylic acids is 1. The van der Waals surface area contributed by atoms with Crippen molar-refractivity contribution in [2.24, 2.45) is 0 Å². The lowest BCUT2D eigenvalue weighted by Gasteiger charge is -2.19. The first-order chi connectivity index (χ1) is 8.58. The first-order valence-electron chi connectivity index (χ1n) is 6.07. The van der Waals surface area contributed by atoms with Crippen LogP contribution in [0.5, 0.6) is 11.5 Å².